The third kappa shape index (κ3) is 4.74. The van der Waals surface area contributed by atoms with E-state index in [-0.39, 0.29) is 0 Å². The molecule has 0 saturated heterocycles. The second kappa shape index (κ2) is 13.3. The van der Waals surface area contributed by atoms with Crippen LogP contribution in [0.2, 0.25) is 0 Å². The number of benzene rings is 10. The zero-order chi connectivity index (χ0) is 43.0. The molecule has 15 rings (SSSR count). The summed E-state index contributed by atoms with van der Waals surface area (Å²) < 4.78 is 13.9. The molecule has 0 bridgehead atoms. The third-order valence-electron chi connectivity index (χ3n) is 13.8. The van der Waals surface area contributed by atoms with E-state index in [1.165, 1.54) is 37.7 Å². The highest BCUT2D eigenvalue weighted by Crippen LogP contribution is 2.48. The fourth-order valence-electron chi connectivity index (χ4n) is 11.1. The van der Waals surface area contributed by atoms with Crippen LogP contribution in [0.3, 0.4) is 0 Å². The molecule has 66 heavy (non-hydrogen) atoms. The zero-order valence-corrected chi connectivity index (χ0v) is 35.4. The van der Waals surface area contributed by atoms with Crippen LogP contribution in [-0.2, 0) is 0 Å². The average Bonchev–Trinajstić information content (AvgIpc) is 4.13. The van der Waals surface area contributed by atoms with Crippen molar-refractivity contribution in [3.05, 3.63) is 212 Å². The summed E-state index contributed by atoms with van der Waals surface area (Å²) in [6.45, 7) is 0. The molecule has 5 aromatic heterocycles. The van der Waals surface area contributed by atoms with Crippen LogP contribution in [0, 0.1) is 0 Å². The number of rotatable bonds is 4. The number of hydrogen-bond acceptors (Lipinski definition) is 3. The predicted octanol–water partition coefficient (Wildman–Crippen LogP) is 15.6. The van der Waals surface area contributed by atoms with Crippen molar-refractivity contribution in [1.82, 2.24) is 23.7 Å². The molecule has 10 aromatic carbocycles. The summed E-state index contributed by atoms with van der Waals surface area (Å²) in [6.07, 6.45) is 0. The average molecular weight is 842 g/mol. The first-order valence-corrected chi connectivity index (χ1v) is 22.4. The van der Waals surface area contributed by atoms with E-state index in [1.54, 1.807) is 0 Å². The van der Waals surface area contributed by atoms with Crippen LogP contribution in [0.4, 0.5) is 0 Å². The van der Waals surface area contributed by atoms with Crippen LogP contribution in [0.15, 0.2) is 217 Å². The van der Waals surface area contributed by atoms with Gasteiger partial charge in [-0.3, -0.25) is 4.57 Å². The highest BCUT2D eigenvalue weighted by molar-refractivity contribution is 6.39. The monoisotopic (exact) mass is 841 g/mol. The number of hydrogen-bond donors (Lipinski definition) is 0. The number of fused-ring (bicyclic) bond motifs is 18. The summed E-state index contributed by atoms with van der Waals surface area (Å²) >= 11 is 0. The quantitative estimate of drug-likeness (QED) is 0.177. The second-order valence-electron chi connectivity index (χ2n) is 17.3. The van der Waals surface area contributed by atoms with Crippen molar-refractivity contribution in [3.8, 4) is 28.6 Å². The lowest BCUT2D eigenvalue weighted by molar-refractivity contribution is 0.666. The molecule has 0 spiro atoms. The Morgan fingerprint density at radius 1 is 0.348 bits per heavy atom. The van der Waals surface area contributed by atoms with Crippen LogP contribution in [0.25, 0.3) is 138 Å². The lowest BCUT2D eigenvalue weighted by Gasteiger charge is -2.14. The van der Waals surface area contributed by atoms with E-state index in [9.17, 15) is 0 Å². The number of aromatic nitrogens is 5. The van der Waals surface area contributed by atoms with E-state index in [2.05, 4.69) is 214 Å². The molecule has 5 heterocycles. The smallest absolute Gasteiger partial charge is 0.236 e. The maximum Gasteiger partial charge on any atom is 0.236 e. The Hall–Kier alpha value is -9.00. The van der Waals surface area contributed by atoms with Crippen molar-refractivity contribution in [1.29, 1.82) is 0 Å². The minimum Gasteiger partial charge on any atom is -0.452 e. The van der Waals surface area contributed by atoms with E-state index < -0.39 is 0 Å². The summed E-state index contributed by atoms with van der Waals surface area (Å²) in [7, 11) is 0. The summed E-state index contributed by atoms with van der Waals surface area (Å²) in [4.78, 5) is 11.3. The van der Waals surface area contributed by atoms with Crippen molar-refractivity contribution in [2.45, 2.75) is 0 Å². The largest absolute Gasteiger partial charge is 0.452 e. The van der Waals surface area contributed by atoms with E-state index in [0.717, 1.165) is 88.4 Å². The third-order valence-corrected chi connectivity index (χ3v) is 13.8. The van der Waals surface area contributed by atoms with Gasteiger partial charge in [0.15, 0.2) is 5.58 Å². The second-order valence-corrected chi connectivity index (χ2v) is 17.3. The zero-order valence-electron chi connectivity index (χ0n) is 35.4. The molecule has 0 saturated carbocycles. The van der Waals surface area contributed by atoms with Gasteiger partial charge in [-0.05, 0) is 88.3 Å². The molecular weight excluding hydrogens is 807 g/mol. The van der Waals surface area contributed by atoms with Gasteiger partial charge in [-0.15, -0.1) is 0 Å². The van der Waals surface area contributed by atoms with Crippen molar-refractivity contribution < 1.29 is 4.42 Å². The first-order chi connectivity index (χ1) is 32.8. The molecule has 6 heteroatoms. The van der Waals surface area contributed by atoms with Crippen molar-refractivity contribution in [2.24, 2.45) is 0 Å². The first-order valence-electron chi connectivity index (χ1n) is 22.4. The lowest BCUT2D eigenvalue weighted by atomic mass is 9.96. The maximum absolute atomic E-state index is 6.80. The van der Waals surface area contributed by atoms with E-state index >= 15 is 0 Å². The van der Waals surface area contributed by atoms with E-state index in [4.69, 9.17) is 14.4 Å². The van der Waals surface area contributed by atoms with Crippen molar-refractivity contribution >= 4 is 109 Å². The van der Waals surface area contributed by atoms with E-state index in [0.29, 0.717) is 11.5 Å². The van der Waals surface area contributed by atoms with Crippen molar-refractivity contribution in [3.63, 3.8) is 0 Å². The van der Waals surface area contributed by atoms with E-state index in [1.807, 2.05) is 12.1 Å². The molecule has 0 atom stereocenters. The molecule has 15 aromatic rings. The van der Waals surface area contributed by atoms with Gasteiger partial charge in [0.05, 0.1) is 33.1 Å². The molecule has 0 amide bonds. The molecule has 0 radical (unpaired) electrons. The van der Waals surface area contributed by atoms with Gasteiger partial charge in [0.25, 0.3) is 0 Å². The maximum atomic E-state index is 6.80. The Bertz CT molecular complexity index is 4520. The van der Waals surface area contributed by atoms with Crippen LogP contribution in [-0.4, -0.2) is 23.7 Å². The highest BCUT2D eigenvalue weighted by atomic mass is 16.3. The lowest BCUT2D eigenvalue weighted by Crippen LogP contribution is -2.04. The molecule has 0 aliphatic rings. The van der Waals surface area contributed by atoms with Gasteiger partial charge in [-0.25, -0.2) is 9.97 Å². The van der Waals surface area contributed by atoms with Crippen LogP contribution in [0.1, 0.15) is 0 Å². The van der Waals surface area contributed by atoms with Gasteiger partial charge in [-0.2, -0.15) is 0 Å². The van der Waals surface area contributed by atoms with Gasteiger partial charge in [0.1, 0.15) is 16.8 Å². The Kier molecular flexibility index (Phi) is 7.13. The van der Waals surface area contributed by atoms with Crippen molar-refractivity contribution in [2.75, 3.05) is 0 Å². The molecule has 0 N–H and O–H groups in total. The Labute approximate surface area is 376 Å². The van der Waals surface area contributed by atoms with Crippen LogP contribution < -0.4 is 0 Å². The van der Waals surface area contributed by atoms with Gasteiger partial charge in [0, 0.05) is 54.6 Å². The SMILES string of the molecule is c1ccc(-n2c3ccccc3c3cc(-c4nc(-n5c6ccccc6c6c7ccccc7c7c8c9ccccc9ccc8n(-c8ccccc8)c7c65)nc5c4oc4ccccc45)ccc32)cc1. The van der Waals surface area contributed by atoms with Crippen LogP contribution in [0.5, 0.6) is 0 Å². The molecule has 0 unspecified atom stereocenters. The number of nitrogens with zero attached hydrogens (tertiary/aromatic N) is 5. The fraction of sp³-hybridized carbons (Fsp3) is 0. The van der Waals surface area contributed by atoms with Gasteiger partial charge in [0.2, 0.25) is 5.95 Å². The highest BCUT2D eigenvalue weighted by Gasteiger charge is 2.28. The molecular formula is C60H35N5O. The van der Waals surface area contributed by atoms with Crippen LogP contribution >= 0.6 is 0 Å². The minimum absolute atomic E-state index is 0.577. The predicted molar refractivity (Wildman–Crippen MR) is 273 cm³/mol. The summed E-state index contributed by atoms with van der Waals surface area (Å²) in [5.74, 6) is 0.577. The Morgan fingerprint density at radius 3 is 1.68 bits per heavy atom. The normalized spacial score (nSPS) is 12.2. The Morgan fingerprint density at radius 2 is 0.909 bits per heavy atom. The summed E-state index contributed by atoms with van der Waals surface area (Å²) in [5, 5.41) is 12.8. The minimum atomic E-state index is 0.577. The fourth-order valence-corrected chi connectivity index (χ4v) is 11.1. The molecule has 306 valence electrons. The van der Waals surface area contributed by atoms with Gasteiger partial charge in [-0.1, -0.05) is 146 Å². The van der Waals surface area contributed by atoms with Gasteiger partial charge < -0.3 is 13.6 Å². The summed E-state index contributed by atoms with van der Waals surface area (Å²) in [5.41, 5.74) is 12.7. The number of furan rings is 1. The first kappa shape index (κ1) is 35.5. The molecule has 0 aliphatic heterocycles. The topological polar surface area (TPSA) is 53.7 Å². The van der Waals surface area contributed by atoms with Gasteiger partial charge >= 0.3 is 0 Å². The molecule has 0 fully saturated rings. The Balaban J connectivity index is 1.13. The summed E-state index contributed by atoms with van der Waals surface area (Å²) in [6, 6.07) is 75.9. The molecule has 6 nitrogen and oxygen atoms in total. The number of para-hydroxylation sites is 5. The molecule has 0 aliphatic carbocycles. The standard InChI is InChI=1S/C60H35N5O/c1-3-18-38(19-4-1)63-47-28-14-11-23-41(47)46-35-37(32-33-49(46)63)55-59-56(45-27-13-16-30-51(45)66-59)62-60(61-55)65-48-29-15-12-26-44(48)52-42-24-9-10-25-43(42)54-53-40-22-8-7-17-36(40)31-34-50(53)64(58(54)57(52)65)39-20-5-2-6-21-39/h1-35H.